The molecule has 1 unspecified atom stereocenters. The highest BCUT2D eigenvalue weighted by Gasteiger charge is 2.19. The van der Waals surface area contributed by atoms with Crippen molar-refractivity contribution in [2.24, 2.45) is 9.98 Å². The first-order chi connectivity index (χ1) is 14.0. The van der Waals surface area contributed by atoms with Crippen molar-refractivity contribution in [3.63, 3.8) is 0 Å². The van der Waals surface area contributed by atoms with Gasteiger partial charge in [0.15, 0.2) is 11.0 Å². The van der Waals surface area contributed by atoms with Crippen LogP contribution in [0.5, 0.6) is 0 Å². The molecule has 0 bridgehead atoms. The number of halogens is 2. The van der Waals surface area contributed by atoms with Crippen molar-refractivity contribution in [1.82, 2.24) is 9.97 Å². The number of amides is 1. The number of carbonyl (C=O) groups is 1. The van der Waals surface area contributed by atoms with Crippen LogP contribution in [0.3, 0.4) is 0 Å². The summed E-state index contributed by atoms with van der Waals surface area (Å²) in [6.07, 6.45) is 4.79. The molecule has 10 heteroatoms. The molecule has 0 fully saturated rings. The predicted octanol–water partition coefficient (Wildman–Crippen LogP) is 3.69. The Morgan fingerprint density at radius 3 is 2.69 bits per heavy atom. The van der Waals surface area contributed by atoms with Crippen LogP contribution in [-0.4, -0.2) is 45.3 Å². The second-order valence-corrected chi connectivity index (χ2v) is 7.09. The number of nitrogens with one attached hydrogen (secondary N) is 2. The lowest BCUT2D eigenvalue weighted by Gasteiger charge is -2.12. The third-order valence-electron chi connectivity index (χ3n) is 4.08. The molecule has 0 saturated heterocycles. The molecule has 0 aliphatic carbocycles. The van der Waals surface area contributed by atoms with Crippen LogP contribution < -0.4 is 5.32 Å². The van der Waals surface area contributed by atoms with Crippen LogP contribution in [0.4, 0.5) is 14.6 Å². The first-order valence-corrected chi connectivity index (χ1v) is 9.84. The molecule has 0 saturated carbocycles. The monoisotopic (exact) mass is 416 g/mol. The van der Waals surface area contributed by atoms with Gasteiger partial charge in [-0.15, -0.1) is 0 Å². The maximum absolute atomic E-state index is 13.7. The Labute approximate surface area is 170 Å². The van der Waals surface area contributed by atoms with Gasteiger partial charge in [-0.05, 0) is 18.6 Å². The standard InChI is InChI=1S/C19H18F2N6OS/c1-2-14(22)11(8-26-19-23-6-7-29-19)15-9-25-16(10-24-15)27-18(28)17-12(20)4-3-5-13(17)21/h3-5,8-11,22H,2,6-7H2,1H3,(H,25,27,28). The van der Waals surface area contributed by atoms with Crippen molar-refractivity contribution in [3.05, 3.63) is 53.5 Å². The molecule has 0 spiro atoms. The number of amidine groups is 1. The third-order valence-corrected chi connectivity index (χ3v) is 4.96. The second kappa shape index (κ2) is 9.46. The summed E-state index contributed by atoms with van der Waals surface area (Å²) in [6, 6.07) is 3.18. The lowest BCUT2D eigenvalue weighted by Crippen LogP contribution is -2.18. The van der Waals surface area contributed by atoms with Crippen molar-refractivity contribution in [2.45, 2.75) is 19.3 Å². The molecule has 150 valence electrons. The van der Waals surface area contributed by atoms with Crippen molar-refractivity contribution >= 4 is 40.6 Å². The number of aromatic nitrogens is 2. The van der Waals surface area contributed by atoms with Crippen molar-refractivity contribution < 1.29 is 13.6 Å². The summed E-state index contributed by atoms with van der Waals surface area (Å²) in [5.41, 5.74) is 0.183. The molecule has 1 aromatic heterocycles. The molecular formula is C19H18F2N6OS. The third kappa shape index (κ3) is 5.08. The van der Waals surface area contributed by atoms with Crippen LogP contribution in [-0.2, 0) is 0 Å². The molecule has 1 aliphatic heterocycles. The van der Waals surface area contributed by atoms with Crippen LogP contribution in [0.1, 0.15) is 35.3 Å². The van der Waals surface area contributed by atoms with Gasteiger partial charge in [-0.25, -0.2) is 18.8 Å². The fourth-order valence-electron chi connectivity index (χ4n) is 2.56. The molecular weight excluding hydrogens is 398 g/mol. The first kappa shape index (κ1) is 20.7. The molecule has 1 atom stereocenters. The minimum Gasteiger partial charge on any atom is -0.309 e. The molecule has 29 heavy (non-hydrogen) atoms. The summed E-state index contributed by atoms with van der Waals surface area (Å²) in [7, 11) is 0. The van der Waals surface area contributed by atoms with Gasteiger partial charge in [-0.1, -0.05) is 24.8 Å². The molecule has 2 aromatic rings. The van der Waals surface area contributed by atoms with Gasteiger partial charge in [0, 0.05) is 17.7 Å². The number of hydrogen-bond acceptors (Lipinski definition) is 7. The largest absolute Gasteiger partial charge is 0.309 e. The number of hydrogen-bond donors (Lipinski definition) is 2. The lowest BCUT2D eigenvalue weighted by molar-refractivity contribution is 0.101. The minimum absolute atomic E-state index is 0.0378. The van der Waals surface area contributed by atoms with Crippen LogP contribution >= 0.6 is 11.8 Å². The van der Waals surface area contributed by atoms with E-state index in [0.29, 0.717) is 23.0 Å². The summed E-state index contributed by atoms with van der Waals surface area (Å²) in [5.74, 6) is -2.45. The van der Waals surface area contributed by atoms with Crippen LogP contribution in [0.2, 0.25) is 0 Å². The predicted molar refractivity (Wildman–Crippen MR) is 110 cm³/mol. The number of rotatable bonds is 6. The highest BCUT2D eigenvalue weighted by Crippen LogP contribution is 2.19. The zero-order valence-electron chi connectivity index (χ0n) is 15.5. The molecule has 3 rings (SSSR count). The van der Waals surface area contributed by atoms with Crippen LogP contribution in [0.15, 0.2) is 40.6 Å². The average Bonchev–Trinajstić information content (AvgIpc) is 3.22. The highest BCUT2D eigenvalue weighted by atomic mass is 32.2. The van der Waals surface area contributed by atoms with Gasteiger partial charge in [0.25, 0.3) is 5.91 Å². The van der Waals surface area contributed by atoms with Crippen LogP contribution in [0.25, 0.3) is 0 Å². The van der Waals surface area contributed by atoms with Gasteiger partial charge in [0.05, 0.1) is 30.6 Å². The quantitative estimate of drug-likeness (QED) is 0.701. The van der Waals surface area contributed by atoms with E-state index in [0.717, 1.165) is 24.4 Å². The molecule has 1 amide bonds. The number of thioether (sulfide) groups is 1. The molecule has 7 nitrogen and oxygen atoms in total. The van der Waals surface area contributed by atoms with E-state index in [9.17, 15) is 13.6 Å². The summed E-state index contributed by atoms with van der Waals surface area (Å²) in [5, 5.41) is 11.2. The van der Waals surface area contributed by atoms with Gasteiger partial charge < -0.3 is 10.7 Å². The minimum atomic E-state index is -0.965. The first-order valence-electron chi connectivity index (χ1n) is 8.85. The van der Waals surface area contributed by atoms with Crippen molar-refractivity contribution in [2.75, 3.05) is 17.6 Å². The highest BCUT2D eigenvalue weighted by molar-refractivity contribution is 8.14. The zero-order valence-corrected chi connectivity index (χ0v) is 16.3. The topological polar surface area (TPSA) is 103 Å². The number of carbonyl (C=O) groups excluding carboxylic acids is 1. The van der Waals surface area contributed by atoms with E-state index in [1.54, 1.807) is 18.0 Å². The Morgan fingerprint density at radius 1 is 1.34 bits per heavy atom. The van der Waals surface area contributed by atoms with E-state index in [2.05, 4.69) is 25.3 Å². The normalized spacial score (nSPS) is 14.7. The number of anilines is 1. The SMILES string of the molecule is CCC(=N)C(C=NC1=NCCS1)c1cnc(NC(=O)c2c(F)cccc2F)cn1. The van der Waals surface area contributed by atoms with Crippen molar-refractivity contribution in [1.29, 1.82) is 5.41 Å². The fraction of sp³-hybridized carbons (Fsp3) is 0.263. The maximum atomic E-state index is 13.7. The van der Waals surface area contributed by atoms with Gasteiger partial charge in [-0.3, -0.25) is 14.8 Å². The van der Waals surface area contributed by atoms with E-state index in [1.165, 1.54) is 18.5 Å². The van der Waals surface area contributed by atoms with E-state index in [4.69, 9.17) is 5.41 Å². The van der Waals surface area contributed by atoms with Gasteiger partial charge in [0.2, 0.25) is 0 Å². The van der Waals surface area contributed by atoms with Crippen LogP contribution in [0, 0.1) is 17.0 Å². The van der Waals surface area contributed by atoms with E-state index in [-0.39, 0.29) is 5.82 Å². The zero-order chi connectivity index (χ0) is 20.8. The van der Waals surface area contributed by atoms with E-state index < -0.39 is 29.0 Å². The Hall–Kier alpha value is -3.01. The van der Waals surface area contributed by atoms with Gasteiger partial charge in [0.1, 0.15) is 17.2 Å². The van der Waals surface area contributed by atoms with E-state index in [1.807, 2.05) is 6.92 Å². The molecule has 1 aromatic carbocycles. The van der Waals surface area contributed by atoms with Gasteiger partial charge in [-0.2, -0.15) is 0 Å². The Kier molecular flexibility index (Phi) is 6.76. The summed E-state index contributed by atoms with van der Waals surface area (Å²) < 4.78 is 27.5. The smallest absolute Gasteiger partial charge is 0.262 e. The molecule has 2 heterocycles. The molecule has 2 N–H and O–H groups in total. The van der Waals surface area contributed by atoms with E-state index >= 15 is 0 Å². The van der Waals surface area contributed by atoms with Gasteiger partial charge >= 0.3 is 0 Å². The fourth-order valence-corrected chi connectivity index (χ4v) is 3.24. The summed E-state index contributed by atoms with van der Waals surface area (Å²) in [4.78, 5) is 29.0. The summed E-state index contributed by atoms with van der Waals surface area (Å²) >= 11 is 1.55. The summed E-state index contributed by atoms with van der Waals surface area (Å²) in [6.45, 7) is 2.58. The number of benzene rings is 1. The Balaban J connectivity index is 1.76. The molecule has 1 aliphatic rings. The lowest BCUT2D eigenvalue weighted by atomic mass is 9.99. The molecule has 0 radical (unpaired) electrons. The maximum Gasteiger partial charge on any atom is 0.262 e. The average molecular weight is 416 g/mol. The second-order valence-electron chi connectivity index (χ2n) is 6.02. The number of aliphatic imine (C=N–C) groups is 2. The Morgan fingerprint density at radius 2 is 2.10 bits per heavy atom. The Bertz CT molecular complexity index is 957. The number of nitrogens with zero attached hydrogens (tertiary/aromatic N) is 4. The van der Waals surface area contributed by atoms with Crippen molar-refractivity contribution in [3.8, 4) is 0 Å².